The average molecular weight is 428 g/mol. The van der Waals surface area contributed by atoms with Gasteiger partial charge in [0, 0.05) is 11.1 Å². The zero-order valence-electron chi connectivity index (χ0n) is 17.5. The highest BCUT2D eigenvalue weighted by Gasteiger charge is 2.41. The van der Waals surface area contributed by atoms with Crippen LogP contribution in [0.5, 0.6) is 17.5 Å². The van der Waals surface area contributed by atoms with Crippen LogP contribution in [0.25, 0.3) is 11.0 Å². The minimum Gasteiger partial charge on any atom is -0.494 e. The quantitative estimate of drug-likeness (QED) is 0.460. The Morgan fingerprint density at radius 3 is 2.44 bits per heavy atom. The van der Waals surface area contributed by atoms with E-state index in [9.17, 15) is 9.59 Å². The molecule has 32 heavy (non-hydrogen) atoms. The first-order valence-corrected chi connectivity index (χ1v) is 10.1. The fraction of sp³-hybridized carbons (Fsp3) is 0.160. The molecule has 5 rings (SSSR count). The summed E-state index contributed by atoms with van der Waals surface area (Å²) in [6.07, 6.45) is 0. The summed E-state index contributed by atoms with van der Waals surface area (Å²) in [7, 11) is 3.03. The van der Waals surface area contributed by atoms with Gasteiger partial charge >= 0.3 is 0 Å². The summed E-state index contributed by atoms with van der Waals surface area (Å²) < 4.78 is 16.4. The molecule has 0 saturated heterocycles. The van der Waals surface area contributed by atoms with Crippen LogP contribution in [0.15, 0.2) is 60.7 Å². The minimum atomic E-state index is -0.976. The van der Waals surface area contributed by atoms with Crippen LogP contribution in [0.4, 0.5) is 0 Å². The predicted molar refractivity (Wildman–Crippen MR) is 118 cm³/mol. The second-order valence-corrected chi connectivity index (χ2v) is 7.47. The van der Waals surface area contributed by atoms with Crippen molar-refractivity contribution in [1.82, 2.24) is 9.97 Å². The number of aromatic amines is 1. The van der Waals surface area contributed by atoms with Gasteiger partial charge in [-0.3, -0.25) is 9.59 Å². The van der Waals surface area contributed by atoms with E-state index < -0.39 is 5.92 Å². The molecular formula is C25H20N2O5. The molecule has 0 spiro atoms. The van der Waals surface area contributed by atoms with Gasteiger partial charge < -0.3 is 19.2 Å². The number of H-pyrrole nitrogens is 1. The number of fused-ring (bicyclic) bond motifs is 2. The number of carbonyl (C=O) groups is 2. The largest absolute Gasteiger partial charge is 0.494 e. The molecule has 0 aliphatic heterocycles. The molecule has 4 aromatic rings. The number of ketones is 2. The summed E-state index contributed by atoms with van der Waals surface area (Å²) in [5.41, 5.74) is 3.32. The second-order valence-electron chi connectivity index (χ2n) is 7.47. The van der Waals surface area contributed by atoms with Crippen LogP contribution in [-0.2, 0) is 6.61 Å². The predicted octanol–water partition coefficient (Wildman–Crippen LogP) is 4.32. The zero-order chi connectivity index (χ0) is 22.2. The minimum absolute atomic E-state index is 0.256. The van der Waals surface area contributed by atoms with Crippen LogP contribution in [0.3, 0.4) is 0 Å². The maximum Gasteiger partial charge on any atom is 0.294 e. The van der Waals surface area contributed by atoms with Gasteiger partial charge in [-0.15, -0.1) is 0 Å². The molecule has 1 N–H and O–H groups in total. The first kappa shape index (κ1) is 19.8. The Balaban J connectivity index is 1.49. The van der Waals surface area contributed by atoms with Crippen molar-refractivity contribution in [1.29, 1.82) is 0 Å². The fourth-order valence-corrected chi connectivity index (χ4v) is 4.05. The van der Waals surface area contributed by atoms with E-state index in [0.717, 1.165) is 5.56 Å². The number of hydrogen-bond donors (Lipinski definition) is 1. The number of Topliss-reactive ketones (excluding diaryl/α,β-unsaturated/α-hetero) is 2. The Kier molecular flexibility index (Phi) is 4.86. The lowest BCUT2D eigenvalue weighted by Gasteiger charge is -2.10. The van der Waals surface area contributed by atoms with E-state index in [0.29, 0.717) is 45.8 Å². The summed E-state index contributed by atoms with van der Waals surface area (Å²) in [4.78, 5) is 34.0. The molecule has 3 aromatic carbocycles. The van der Waals surface area contributed by atoms with Crippen molar-refractivity contribution in [3.63, 3.8) is 0 Å². The Bertz CT molecular complexity index is 1340. The van der Waals surface area contributed by atoms with Crippen LogP contribution in [0, 0.1) is 0 Å². The lowest BCUT2D eigenvalue weighted by atomic mass is 9.93. The molecule has 7 heteroatoms. The molecule has 7 nitrogen and oxygen atoms in total. The number of imidazole rings is 1. The van der Waals surface area contributed by atoms with Gasteiger partial charge in [0.05, 0.1) is 14.2 Å². The van der Waals surface area contributed by atoms with Crippen molar-refractivity contribution in [2.45, 2.75) is 12.5 Å². The number of carbonyl (C=O) groups excluding carboxylic acids is 2. The van der Waals surface area contributed by atoms with Gasteiger partial charge in [0.2, 0.25) is 0 Å². The summed E-state index contributed by atoms with van der Waals surface area (Å²) in [6.45, 7) is 0.372. The van der Waals surface area contributed by atoms with Gasteiger partial charge in [0.1, 0.15) is 35.1 Å². The Hall–Kier alpha value is -4.13. The number of nitrogens with one attached hydrogen (secondary N) is 1. The summed E-state index contributed by atoms with van der Waals surface area (Å²) in [5.74, 6) is -0.422. The number of nitrogens with zero attached hydrogens (tertiary/aromatic N) is 1. The Morgan fingerprint density at radius 1 is 0.906 bits per heavy atom. The highest BCUT2D eigenvalue weighted by atomic mass is 16.5. The van der Waals surface area contributed by atoms with E-state index in [4.69, 9.17) is 14.2 Å². The van der Waals surface area contributed by atoms with Gasteiger partial charge in [-0.2, -0.15) is 4.98 Å². The molecule has 1 aromatic heterocycles. The number of aromatic nitrogens is 2. The Labute approximate surface area is 184 Å². The lowest BCUT2D eigenvalue weighted by molar-refractivity contribution is 0.0890. The number of rotatable bonds is 6. The van der Waals surface area contributed by atoms with Gasteiger partial charge in [-0.05, 0) is 35.4 Å². The van der Waals surface area contributed by atoms with E-state index >= 15 is 0 Å². The maximum atomic E-state index is 13.3. The van der Waals surface area contributed by atoms with E-state index in [1.165, 1.54) is 7.11 Å². The third-order valence-electron chi connectivity index (χ3n) is 5.64. The summed E-state index contributed by atoms with van der Waals surface area (Å²) in [6, 6.07) is 18.5. The van der Waals surface area contributed by atoms with Gasteiger partial charge in [0.15, 0.2) is 11.6 Å². The van der Waals surface area contributed by atoms with Crippen LogP contribution in [0.2, 0.25) is 0 Å². The van der Waals surface area contributed by atoms with Crippen molar-refractivity contribution in [3.05, 3.63) is 82.9 Å². The fourth-order valence-electron chi connectivity index (χ4n) is 4.05. The van der Waals surface area contributed by atoms with Crippen LogP contribution >= 0.6 is 0 Å². The topological polar surface area (TPSA) is 90.5 Å². The Morgan fingerprint density at radius 2 is 1.69 bits per heavy atom. The number of ether oxygens (including phenoxy) is 3. The average Bonchev–Trinajstić information content (AvgIpc) is 3.37. The van der Waals surface area contributed by atoms with Crippen LogP contribution in [-0.4, -0.2) is 35.8 Å². The molecule has 1 atom stereocenters. The molecule has 0 radical (unpaired) electrons. The van der Waals surface area contributed by atoms with Crippen LogP contribution < -0.4 is 14.2 Å². The highest BCUT2D eigenvalue weighted by Crippen LogP contribution is 2.40. The molecule has 0 amide bonds. The molecule has 1 unspecified atom stereocenters. The van der Waals surface area contributed by atoms with Crippen molar-refractivity contribution < 1.29 is 23.8 Å². The molecule has 0 saturated carbocycles. The smallest absolute Gasteiger partial charge is 0.294 e. The first-order valence-electron chi connectivity index (χ1n) is 10.1. The lowest BCUT2D eigenvalue weighted by Crippen LogP contribution is -2.13. The molecule has 1 heterocycles. The normalized spacial score (nSPS) is 15.1. The molecule has 0 fully saturated rings. The number of hydrogen-bond acceptors (Lipinski definition) is 6. The molecule has 1 aliphatic rings. The molecule has 1 aliphatic carbocycles. The van der Waals surface area contributed by atoms with Crippen molar-refractivity contribution >= 4 is 22.6 Å². The van der Waals surface area contributed by atoms with Gasteiger partial charge in [-0.1, -0.05) is 36.4 Å². The highest BCUT2D eigenvalue weighted by molar-refractivity contribution is 6.30. The van der Waals surface area contributed by atoms with Gasteiger partial charge in [0.25, 0.3) is 6.01 Å². The first-order chi connectivity index (χ1) is 15.6. The third-order valence-corrected chi connectivity index (χ3v) is 5.64. The van der Waals surface area contributed by atoms with E-state index in [2.05, 4.69) is 9.97 Å². The van der Waals surface area contributed by atoms with Crippen molar-refractivity contribution in [2.24, 2.45) is 0 Å². The number of methoxy groups -OCH3 is 2. The van der Waals surface area contributed by atoms with Crippen molar-refractivity contribution in [2.75, 3.05) is 14.2 Å². The maximum absolute atomic E-state index is 13.3. The molecule has 160 valence electrons. The van der Waals surface area contributed by atoms with Gasteiger partial charge in [-0.25, -0.2) is 0 Å². The third kappa shape index (κ3) is 3.19. The van der Waals surface area contributed by atoms with Crippen LogP contribution in [0.1, 0.15) is 37.8 Å². The van der Waals surface area contributed by atoms with Crippen molar-refractivity contribution in [3.8, 4) is 17.5 Å². The number of benzene rings is 3. The second kappa shape index (κ2) is 7.85. The monoisotopic (exact) mass is 428 g/mol. The molecular weight excluding hydrogens is 408 g/mol. The summed E-state index contributed by atoms with van der Waals surface area (Å²) >= 11 is 0. The summed E-state index contributed by atoms with van der Waals surface area (Å²) in [5, 5.41) is 0. The molecule has 0 bridgehead atoms. The van der Waals surface area contributed by atoms with E-state index in [1.807, 2.05) is 30.3 Å². The van der Waals surface area contributed by atoms with E-state index in [1.54, 1.807) is 37.4 Å². The SMILES string of the molecule is COc1nc2c(C3C(=O)c4ccc(OCc5ccccc5)cc4C3=O)ccc(OC)c2[nH]1. The van der Waals surface area contributed by atoms with E-state index in [-0.39, 0.29) is 17.6 Å². The standard InChI is InChI=1S/C25H20N2O5/c1-30-19-11-10-17(21-22(19)27-25(26-21)31-2)20-23(28)16-9-8-15(12-18(16)24(20)29)32-13-14-6-4-3-5-7-14/h3-12,20H,13H2,1-2H3,(H,26,27). The zero-order valence-corrected chi connectivity index (χ0v) is 17.5.